The molecule has 0 radical (unpaired) electrons. The summed E-state index contributed by atoms with van der Waals surface area (Å²) >= 11 is 0. The van der Waals surface area contributed by atoms with E-state index < -0.39 is 116 Å². The first-order chi connectivity index (χ1) is 38.5. The Balaban J connectivity index is 1.12. The minimum atomic E-state index is -2.12. The Morgan fingerprint density at radius 2 is 0.557 bits per heavy atom. The highest BCUT2D eigenvalue weighted by Gasteiger charge is 2.56. The molecule has 0 aliphatic carbocycles. The van der Waals surface area contributed by atoms with Crippen molar-refractivity contribution in [1.29, 1.82) is 0 Å². The van der Waals surface area contributed by atoms with Crippen LogP contribution < -0.4 is 0 Å². The van der Waals surface area contributed by atoms with Crippen LogP contribution in [0.25, 0.3) is 0 Å². The van der Waals surface area contributed by atoms with Crippen molar-refractivity contribution in [3.05, 3.63) is 251 Å². The van der Waals surface area contributed by atoms with E-state index in [-0.39, 0.29) is 38.9 Å². The predicted octanol–water partition coefficient (Wildman–Crippen LogP) is 7.66. The Morgan fingerprint density at radius 3 is 0.886 bits per heavy atom. The quantitative estimate of drug-likeness (QED) is 0.0642. The number of hydrogen-bond donors (Lipinski definition) is 1. The maximum absolute atomic E-state index is 14.3. The summed E-state index contributed by atoms with van der Waals surface area (Å²) in [6.07, 6.45) is -18.2. The fourth-order valence-electron chi connectivity index (χ4n) is 8.58. The molecule has 7 aromatic carbocycles. The molecular weight excluding hydrogens is 1020 g/mol. The molecule has 10 atom stereocenters. The van der Waals surface area contributed by atoms with Crippen LogP contribution in [-0.2, 0) is 47.4 Å². The Bertz CT molecular complexity index is 3170. The van der Waals surface area contributed by atoms with Gasteiger partial charge < -0.3 is 52.5 Å². The standard InChI is InChI=1S/C61H50O18/c62-53(38-22-8-1-9-23-38)70-36-46-48(75-55(64)40-26-12-3-13-27-40)50(77-57(66)42-30-16-5-17-31-42)52(79-59(68)44-34-20-7-21-35-44)61(73-46)71-37-45-47(74-54(63)39-24-10-2-11-25-39)49(76-56(65)41-28-14-4-15-29-41)51(60(69)72-45)78-58(67)43-32-18-6-19-33-43/h1-35,45-52,60-61,69H,36-37H2/t45-,46-,47-,48-,49+,50+,51-,52-,60+,61?/m1/s1. The van der Waals surface area contributed by atoms with Crippen LogP contribution in [0.4, 0.5) is 0 Å². The van der Waals surface area contributed by atoms with E-state index in [0.717, 1.165) is 0 Å². The van der Waals surface area contributed by atoms with Crippen LogP contribution in [0.15, 0.2) is 212 Å². The molecule has 0 bridgehead atoms. The normalized spacial score (nSPS) is 22.4. The first kappa shape index (κ1) is 54.5. The number of carbonyl (C=O) groups is 7. The summed E-state index contributed by atoms with van der Waals surface area (Å²) in [5, 5.41) is 11.9. The van der Waals surface area contributed by atoms with Gasteiger partial charge in [0, 0.05) is 0 Å². The SMILES string of the molecule is O=C(OC[C@H]1OC(OC[C@H]2O[C@H](O)[C@H](OC(=O)c3ccccc3)[C@@H](OC(=O)c3ccccc3)[C@@H]2OC(=O)c2ccccc2)[C@H](OC(=O)c2ccccc2)[C@@H](OC(=O)c2ccccc2)[C@@H]1OC(=O)c1ccccc1)c1ccccc1. The number of esters is 7. The lowest BCUT2D eigenvalue weighted by Gasteiger charge is -2.46. The van der Waals surface area contributed by atoms with Gasteiger partial charge in [-0.15, -0.1) is 0 Å². The van der Waals surface area contributed by atoms with Gasteiger partial charge in [0.05, 0.1) is 45.6 Å². The first-order valence-electron chi connectivity index (χ1n) is 24.9. The average Bonchev–Trinajstić information content (AvgIpc) is 3.59. The Morgan fingerprint density at radius 1 is 0.304 bits per heavy atom. The van der Waals surface area contributed by atoms with Crippen LogP contribution in [0.3, 0.4) is 0 Å². The highest BCUT2D eigenvalue weighted by Crippen LogP contribution is 2.35. The minimum Gasteiger partial charge on any atom is -0.459 e. The highest BCUT2D eigenvalue weighted by molar-refractivity contribution is 5.93. The van der Waals surface area contributed by atoms with Gasteiger partial charge in [0.1, 0.15) is 18.8 Å². The van der Waals surface area contributed by atoms with E-state index in [2.05, 4.69) is 0 Å². The number of ether oxygens (including phenoxy) is 10. The fourth-order valence-corrected chi connectivity index (χ4v) is 8.58. The Hall–Kier alpha value is -9.33. The summed E-state index contributed by atoms with van der Waals surface area (Å²) in [4.78, 5) is 98.0. The summed E-state index contributed by atoms with van der Waals surface area (Å²) < 4.78 is 61.4. The maximum Gasteiger partial charge on any atom is 0.338 e. The van der Waals surface area contributed by atoms with Gasteiger partial charge in [-0.2, -0.15) is 0 Å². The number of aliphatic hydroxyl groups excluding tert-OH is 1. The molecule has 1 N–H and O–H groups in total. The van der Waals surface area contributed by atoms with E-state index in [0.29, 0.717) is 0 Å². The monoisotopic (exact) mass is 1070 g/mol. The van der Waals surface area contributed by atoms with Gasteiger partial charge in [-0.1, -0.05) is 127 Å². The zero-order valence-corrected chi connectivity index (χ0v) is 41.8. The predicted molar refractivity (Wildman–Crippen MR) is 276 cm³/mol. The van der Waals surface area contributed by atoms with Crippen molar-refractivity contribution in [1.82, 2.24) is 0 Å². The molecule has 2 aliphatic heterocycles. The van der Waals surface area contributed by atoms with E-state index in [1.807, 2.05) is 0 Å². The molecular formula is C61H50O18. The lowest BCUT2D eigenvalue weighted by molar-refractivity contribution is -0.323. The third-order valence-electron chi connectivity index (χ3n) is 12.5. The zero-order chi connectivity index (χ0) is 55.1. The molecule has 1 unspecified atom stereocenters. The zero-order valence-electron chi connectivity index (χ0n) is 41.8. The van der Waals surface area contributed by atoms with Crippen LogP contribution in [0.2, 0.25) is 0 Å². The van der Waals surface area contributed by atoms with E-state index in [1.165, 1.54) is 84.9 Å². The van der Waals surface area contributed by atoms with Crippen molar-refractivity contribution in [2.45, 2.75) is 61.4 Å². The fraction of sp³-hybridized carbons (Fsp3) is 0.197. The molecule has 2 aliphatic rings. The van der Waals surface area contributed by atoms with Crippen molar-refractivity contribution in [2.24, 2.45) is 0 Å². The van der Waals surface area contributed by atoms with E-state index >= 15 is 0 Å². The Labute approximate surface area is 452 Å². The van der Waals surface area contributed by atoms with Gasteiger partial charge in [-0.05, 0) is 84.9 Å². The van der Waals surface area contributed by atoms with Crippen molar-refractivity contribution in [2.75, 3.05) is 13.2 Å². The molecule has 0 saturated carbocycles. The van der Waals surface area contributed by atoms with E-state index in [4.69, 9.17) is 47.4 Å². The van der Waals surface area contributed by atoms with Crippen LogP contribution in [0.1, 0.15) is 72.5 Å². The van der Waals surface area contributed by atoms with Gasteiger partial charge in [0.25, 0.3) is 0 Å². The number of carbonyl (C=O) groups excluding carboxylic acids is 7. The number of rotatable bonds is 18. The molecule has 9 rings (SSSR count). The number of benzene rings is 7. The molecule has 18 nitrogen and oxygen atoms in total. The Kier molecular flexibility index (Phi) is 18.0. The molecule has 0 spiro atoms. The molecule has 2 heterocycles. The maximum atomic E-state index is 14.3. The van der Waals surface area contributed by atoms with Crippen molar-refractivity contribution in [3.8, 4) is 0 Å². The highest BCUT2D eigenvalue weighted by atomic mass is 16.7. The lowest BCUT2D eigenvalue weighted by Crippen LogP contribution is -2.65. The third-order valence-corrected chi connectivity index (χ3v) is 12.5. The van der Waals surface area contributed by atoms with E-state index in [9.17, 15) is 38.7 Å². The molecule has 0 amide bonds. The topological polar surface area (TPSA) is 232 Å². The third kappa shape index (κ3) is 13.8. The second kappa shape index (κ2) is 26.1. The van der Waals surface area contributed by atoms with Crippen LogP contribution in [0.5, 0.6) is 0 Å². The molecule has 18 heteroatoms. The van der Waals surface area contributed by atoms with Gasteiger partial charge in [0.15, 0.2) is 49.2 Å². The van der Waals surface area contributed by atoms with Crippen LogP contribution in [-0.4, -0.2) is 122 Å². The van der Waals surface area contributed by atoms with Crippen molar-refractivity contribution < 1.29 is 86.0 Å². The summed E-state index contributed by atoms with van der Waals surface area (Å²) in [5.74, 6) is -6.63. The molecule has 2 fully saturated rings. The second-order valence-corrected chi connectivity index (χ2v) is 17.8. The molecule has 0 aromatic heterocycles. The average molecular weight is 1070 g/mol. The second-order valence-electron chi connectivity index (χ2n) is 17.8. The van der Waals surface area contributed by atoms with Gasteiger partial charge in [-0.3, -0.25) is 0 Å². The summed E-state index contributed by atoms with van der Waals surface area (Å²) in [5.41, 5.74) is 0.388. The minimum absolute atomic E-state index is 0.0249. The van der Waals surface area contributed by atoms with Crippen LogP contribution >= 0.6 is 0 Å². The smallest absolute Gasteiger partial charge is 0.338 e. The molecule has 2 saturated heterocycles. The largest absolute Gasteiger partial charge is 0.459 e. The summed E-state index contributed by atoms with van der Waals surface area (Å²) in [6, 6.07) is 54.3. The van der Waals surface area contributed by atoms with E-state index in [1.54, 1.807) is 127 Å². The summed E-state index contributed by atoms with van der Waals surface area (Å²) in [6.45, 7) is -1.50. The molecule has 79 heavy (non-hydrogen) atoms. The molecule has 402 valence electrons. The lowest BCUT2D eigenvalue weighted by atomic mass is 9.96. The van der Waals surface area contributed by atoms with Crippen LogP contribution in [0, 0.1) is 0 Å². The first-order valence-corrected chi connectivity index (χ1v) is 24.9. The van der Waals surface area contributed by atoms with Gasteiger partial charge in [-0.25, -0.2) is 33.6 Å². The van der Waals surface area contributed by atoms with Gasteiger partial charge >= 0.3 is 41.8 Å². The van der Waals surface area contributed by atoms with Crippen molar-refractivity contribution >= 4 is 41.8 Å². The summed E-state index contributed by atoms with van der Waals surface area (Å²) in [7, 11) is 0. The number of hydrogen-bond acceptors (Lipinski definition) is 18. The van der Waals surface area contributed by atoms with Crippen molar-refractivity contribution in [3.63, 3.8) is 0 Å². The molecule has 7 aromatic rings. The van der Waals surface area contributed by atoms with Gasteiger partial charge in [0.2, 0.25) is 0 Å². The number of aliphatic hydroxyl groups is 1.